The summed E-state index contributed by atoms with van der Waals surface area (Å²) < 4.78 is 11.0. The number of rotatable bonds is 5. The van der Waals surface area contributed by atoms with Crippen molar-refractivity contribution in [2.75, 3.05) is 26.3 Å². The van der Waals surface area contributed by atoms with E-state index in [4.69, 9.17) is 9.26 Å². The van der Waals surface area contributed by atoms with Crippen LogP contribution in [0.25, 0.3) is 0 Å². The number of piperidine rings is 1. The molecule has 3 fully saturated rings. The van der Waals surface area contributed by atoms with E-state index in [2.05, 4.69) is 15.4 Å². The first kappa shape index (κ1) is 18.0. The maximum absolute atomic E-state index is 12.8. The van der Waals surface area contributed by atoms with Gasteiger partial charge in [0.2, 0.25) is 5.91 Å². The zero-order chi connectivity index (χ0) is 17.9. The van der Waals surface area contributed by atoms with Crippen molar-refractivity contribution in [3.8, 4) is 0 Å². The van der Waals surface area contributed by atoms with E-state index < -0.39 is 0 Å². The fourth-order valence-corrected chi connectivity index (χ4v) is 4.83. The van der Waals surface area contributed by atoms with E-state index in [1.165, 1.54) is 25.7 Å². The van der Waals surface area contributed by atoms with Crippen LogP contribution in [0.5, 0.6) is 0 Å². The number of aromatic nitrogens is 1. The molecule has 26 heavy (non-hydrogen) atoms. The summed E-state index contributed by atoms with van der Waals surface area (Å²) in [4.78, 5) is 15.4. The van der Waals surface area contributed by atoms with Gasteiger partial charge < -0.3 is 19.5 Å². The molecule has 3 heterocycles. The van der Waals surface area contributed by atoms with Crippen molar-refractivity contribution in [1.82, 2.24) is 15.4 Å². The highest BCUT2D eigenvalue weighted by Gasteiger charge is 2.34. The second kappa shape index (κ2) is 8.09. The van der Waals surface area contributed by atoms with Crippen LogP contribution in [-0.4, -0.2) is 54.4 Å². The lowest BCUT2D eigenvalue weighted by Crippen LogP contribution is -2.47. The molecule has 0 radical (unpaired) electrons. The van der Waals surface area contributed by atoms with E-state index in [0.717, 1.165) is 49.8 Å². The van der Waals surface area contributed by atoms with Crippen molar-refractivity contribution in [1.29, 1.82) is 0 Å². The molecule has 3 aliphatic rings. The van der Waals surface area contributed by atoms with E-state index in [1.807, 2.05) is 13.0 Å². The lowest BCUT2D eigenvalue weighted by Gasteiger charge is -2.35. The number of hydrogen-bond donors (Lipinski definition) is 1. The number of hydrogen-bond acceptors (Lipinski definition) is 5. The highest BCUT2D eigenvalue weighted by atomic mass is 16.5. The van der Waals surface area contributed by atoms with Gasteiger partial charge in [0.25, 0.3) is 0 Å². The molecule has 2 saturated heterocycles. The molecule has 6 heteroatoms. The van der Waals surface area contributed by atoms with Crippen LogP contribution in [0.2, 0.25) is 0 Å². The van der Waals surface area contributed by atoms with Gasteiger partial charge in [-0.2, -0.15) is 0 Å². The summed E-state index contributed by atoms with van der Waals surface area (Å²) in [6.07, 6.45) is 8.19. The van der Waals surface area contributed by atoms with Gasteiger partial charge in [0.05, 0.1) is 24.9 Å². The van der Waals surface area contributed by atoms with Crippen LogP contribution in [0.15, 0.2) is 10.6 Å². The molecule has 144 valence electrons. The van der Waals surface area contributed by atoms with Gasteiger partial charge in [-0.1, -0.05) is 18.0 Å². The topological polar surface area (TPSA) is 67.6 Å². The number of aryl methyl sites for hydroxylation is 1. The number of nitrogens with zero attached hydrogens (tertiary/aromatic N) is 2. The van der Waals surface area contributed by atoms with E-state index in [1.54, 1.807) is 0 Å². The number of likely N-dealkylation sites (tertiary alicyclic amines) is 1. The summed E-state index contributed by atoms with van der Waals surface area (Å²) in [6, 6.07) is 2.83. The molecular weight excluding hydrogens is 330 g/mol. The van der Waals surface area contributed by atoms with E-state index in [9.17, 15) is 4.79 Å². The quantitative estimate of drug-likeness (QED) is 0.872. The Kier molecular flexibility index (Phi) is 5.60. The molecule has 2 atom stereocenters. The maximum Gasteiger partial charge on any atom is 0.223 e. The number of nitrogens with one attached hydrogen (secondary N) is 1. The van der Waals surface area contributed by atoms with Crippen molar-refractivity contribution in [2.24, 2.45) is 11.8 Å². The van der Waals surface area contributed by atoms with E-state index in [-0.39, 0.29) is 23.8 Å². The van der Waals surface area contributed by atoms with Gasteiger partial charge in [-0.15, -0.1) is 0 Å². The standard InChI is InChI=1S/C20H31N3O3/c1-14-10-18(26-22-14)11-16-12-25-13-19(16)21-20(24)15-6-8-23(9-7-15)17-4-2-3-5-17/h10,15-17,19H,2-9,11-13H2,1H3,(H,21,24)/t16-,19+/m1/s1. The Hall–Kier alpha value is -1.40. The fraction of sp³-hybridized carbons (Fsp3) is 0.800. The summed E-state index contributed by atoms with van der Waals surface area (Å²) in [5.41, 5.74) is 0.897. The molecule has 0 spiro atoms. The molecule has 1 aromatic rings. The van der Waals surface area contributed by atoms with Crippen LogP contribution < -0.4 is 5.32 Å². The summed E-state index contributed by atoms with van der Waals surface area (Å²) in [5, 5.41) is 7.22. The molecule has 1 aliphatic carbocycles. The molecule has 0 unspecified atom stereocenters. The minimum atomic E-state index is 0.0840. The Morgan fingerprint density at radius 1 is 1.23 bits per heavy atom. The van der Waals surface area contributed by atoms with Gasteiger partial charge in [0, 0.05) is 30.4 Å². The average molecular weight is 361 g/mol. The van der Waals surface area contributed by atoms with Crippen LogP contribution in [0, 0.1) is 18.8 Å². The molecule has 4 rings (SSSR count). The van der Waals surface area contributed by atoms with Gasteiger partial charge in [-0.25, -0.2) is 0 Å². The Balaban J connectivity index is 1.26. The summed E-state index contributed by atoms with van der Waals surface area (Å²) in [7, 11) is 0. The third-order valence-electron chi connectivity index (χ3n) is 6.41. The van der Waals surface area contributed by atoms with Crippen LogP contribution in [0.3, 0.4) is 0 Å². The molecule has 1 amide bonds. The van der Waals surface area contributed by atoms with Crippen molar-refractivity contribution < 1.29 is 14.1 Å². The summed E-state index contributed by atoms with van der Waals surface area (Å²) in [6.45, 7) is 5.35. The second-order valence-electron chi connectivity index (χ2n) is 8.30. The molecule has 1 aromatic heterocycles. The Morgan fingerprint density at radius 3 is 2.69 bits per heavy atom. The van der Waals surface area contributed by atoms with Crippen molar-refractivity contribution in [3.05, 3.63) is 17.5 Å². The highest BCUT2D eigenvalue weighted by molar-refractivity contribution is 5.79. The average Bonchev–Trinajstić information content (AvgIpc) is 3.39. The van der Waals surface area contributed by atoms with Crippen LogP contribution in [-0.2, 0) is 16.0 Å². The van der Waals surface area contributed by atoms with Gasteiger partial charge >= 0.3 is 0 Å². The lowest BCUT2D eigenvalue weighted by atomic mass is 9.92. The normalized spacial score (nSPS) is 28.7. The first-order chi connectivity index (χ1) is 12.7. The Morgan fingerprint density at radius 2 is 2.00 bits per heavy atom. The minimum Gasteiger partial charge on any atom is -0.379 e. The Bertz CT molecular complexity index is 603. The molecule has 0 bridgehead atoms. The predicted octanol–water partition coefficient (Wildman–Crippen LogP) is 2.31. The maximum atomic E-state index is 12.8. The largest absolute Gasteiger partial charge is 0.379 e. The monoisotopic (exact) mass is 361 g/mol. The summed E-state index contributed by atoms with van der Waals surface area (Å²) in [5.74, 6) is 1.51. The van der Waals surface area contributed by atoms with Crippen molar-refractivity contribution in [2.45, 2.75) is 64.0 Å². The molecule has 0 aromatic carbocycles. The first-order valence-corrected chi connectivity index (χ1v) is 10.2. The van der Waals surface area contributed by atoms with E-state index >= 15 is 0 Å². The smallest absolute Gasteiger partial charge is 0.223 e. The lowest BCUT2D eigenvalue weighted by molar-refractivity contribution is -0.127. The molecule has 1 saturated carbocycles. The molecule has 2 aliphatic heterocycles. The van der Waals surface area contributed by atoms with Crippen molar-refractivity contribution >= 4 is 5.91 Å². The number of carbonyl (C=O) groups excluding carboxylic acids is 1. The third kappa shape index (κ3) is 4.12. The zero-order valence-corrected chi connectivity index (χ0v) is 15.8. The summed E-state index contributed by atoms with van der Waals surface area (Å²) >= 11 is 0. The SMILES string of the molecule is Cc1cc(C[C@@H]2COC[C@@H]2NC(=O)C2CCN(C3CCCC3)CC2)on1. The van der Waals surface area contributed by atoms with Gasteiger partial charge in [0.1, 0.15) is 5.76 Å². The predicted molar refractivity (Wildman–Crippen MR) is 97.7 cm³/mol. The zero-order valence-electron chi connectivity index (χ0n) is 15.8. The Labute approximate surface area is 155 Å². The fourth-order valence-electron chi connectivity index (χ4n) is 4.83. The number of ether oxygens (including phenoxy) is 1. The van der Waals surface area contributed by atoms with Gasteiger partial charge in [0.15, 0.2) is 0 Å². The van der Waals surface area contributed by atoms with E-state index in [0.29, 0.717) is 13.2 Å². The molecular formula is C20H31N3O3. The first-order valence-electron chi connectivity index (χ1n) is 10.2. The highest BCUT2D eigenvalue weighted by Crippen LogP contribution is 2.28. The second-order valence-corrected chi connectivity index (χ2v) is 8.30. The number of carbonyl (C=O) groups is 1. The van der Waals surface area contributed by atoms with Gasteiger partial charge in [-0.3, -0.25) is 4.79 Å². The molecule has 6 nitrogen and oxygen atoms in total. The van der Waals surface area contributed by atoms with Gasteiger partial charge in [-0.05, 0) is 45.7 Å². The van der Waals surface area contributed by atoms with Crippen LogP contribution in [0.1, 0.15) is 50.0 Å². The molecule has 1 N–H and O–H groups in total. The minimum absolute atomic E-state index is 0.0840. The van der Waals surface area contributed by atoms with Crippen LogP contribution >= 0.6 is 0 Å². The van der Waals surface area contributed by atoms with Crippen LogP contribution in [0.4, 0.5) is 0 Å². The number of amides is 1. The van der Waals surface area contributed by atoms with Crippen molar-refractivity contribution in [3.63, 3.8) is 0 Å². The third-order valence-corrected chi connectivity index (χ3v) is 6.41.